The van der Waals surface area contributed by atoms with Crippen LogP contribution in [0.3, 0.4) is 0 Å². The number of carbonyl (C=O) groups is 1. The Morgan fingerprint density at radius 3 is 2.50 bits per heavy atom. The lowest BCUT2D eigenvalue weighted by molar-refractivity contribution is -0.121. The summed E-state index contributed by atoms with van der Waals surface area (Å²) in [5.41, 5.74) is 3.22. The molecule has 0 aliphatic heterocycles. The molecule has 1 amide bonds. The Hall–Kier alpha value is -2.29. The van der Waals surface area contributed by atoms with Crippen molar-refractivity contribution in [1.82, 2.24) is 5.32 Å². The lowest BCUT2D eigenvalue weighted by Gasteiger charge is -2.19. The van der Waals surface area contributed by atoms with Crippen LogP contribution in [-0.2, 0) is 11.2 Å². The van der Waals surface area contributed by atoms with Crippen LogP contribution in [0.5, 0.6) is 5.75 Å². The van der Waals surface area contributed by atoms with E-state index in [-0.39, 0.29) is 11.9 Å². The van der Waals surface area contributed by atoms with Gasteiger partial charge in [0.1, 0.15) is 5.75 Å². The van der Waals surface area contributed by atoms with Crippen LogP contribution >= 0.6 is 0 Å². The van der Waals surface area contributed by atoms with E-state index < -0.39 is 0 Å². The fourth-order valence-electron chi connectivity index (χ4n) is 2.57. The number of nitrogens with one attached hydrogen (secondary N) is 1. The number of hydrogen-bond donors (Lipinski definition) is 1. The highest BCUT2D eigenvalue weighted by Crippen LogP contribution is 2.24. The topological polar surface area (TPSA) is 38.3 Å². The average molecular weight is 297 g/mol. The minimum atomic E-state index is 0.0285. The number of benzene rings is 2. The summed E-state index contributed by atoms with van der Waals surface area (Å²) in [4.78, 5) is 12.2. The number of rotatable bonds is 6. The van der Waals surface area contributed by atoms with Crippen LogP contribution in [-0.4, -0.2) is 13.0 Å². The molecule has 2 aromatic rings. The maximum atomic E-state index is 12.2. The van der Waals surface area contributed by atoms with Gasteiger partial charge in [-0.1, -0.05) is 49.4 Å². The van der Waals surface area contributed by atoms with Crippen LogP contribution in [0.25, 0.3) is 0 Å². The molecule has 0 saturated heterocycles. The molecule has 0 aliphatic rings. The van der Waals surface area contributed by atoms with E-state index in [1.54, 1.807) is 7.11 Å². The molecule has 2 aromatic carbocycles. The molecule has 0 fully saturated rings. The zero-order chi connectivity index (χ0) is 15.9. The van der Waals surface area contributed by atoms with E-state index in [0.717, 1.165) is 28.9 Å². The van der Waals surface area contributed by atoms with Crippen LogP contribution in [0, 0.1) is 6.92 Å². The molecule has 2 rings (SSSR count). The number of aryl methyl sites for hydroxylation is 1. The molecule has 0 heterocycles. The van der Waals surface area contributed by atoms with Gasteiger partial charge in [-0.2, -0.15) is 0 Å². The van der Waals surface area contributed by atoms with Crippen molar-refractivity contribution in [2.75, 3.05) is 7.11 Å². The first-order valence-electron chi connectivity index (χ1n) is 7.62. The van der Waals surface area contributed by atoms with Crippen molar-refractivity contribution < 1.29 is 9.53 Å². The van der Waals surface area contributed by atoms with Gasteiger partial charge in [-0.15, -0.1) is 0 Å². The van der Waals surface area contributed by atoms with Crippen LogP contribution in [0.15, 0.2) is 48.5 Å². The molecule has 0 aromatic heterocycles. The van der Waals surface area contributed by atoms with Crippen molar-refractivity contribution in [2.45, 2.75) is 32.7 Å². The van der Waals surface area contributed by atoms with Crippen molar-refractivity contribution in [3.05, 3.63) is 65.2 Å². The maximum Gasteiger partial charge on any atom is 0.224 e. The Morgan fingerprint density at radius 1 is 1.18 bits per heavy atom. The van der Waals surface area contributed by atoms with Gasteiger partial charge >= 0.3 is 0 Å². The molecule has 0 spiro atoms. The highest BCUT2D eigenvalue weighted by atomic mass is 16.5. The summed E-state index contributed by atoms with van der Waals surface area (Å²) in [5.74, 6) is 0.917. The number of hydrogen-bond acceptors (Lipinski definition) is 2. The normalized spacial score (nSPS) is 11.8. The van der Waals surface area contributed by atoms with Crippen molar-refractivity contribution >= 4 is 5.91 Å². The largest absolute Gasteiger partial charge is 0.496 e. The minimum absolute atomic E-state index is 0.0285. The van der Waals surface area contributed by atoms with E-state index in [2.05, 4.69) is 18.3 Å². The van der Waals surface area contributed by atoms with Gasteiger partial charge in [-0.05, 0) is 36.1 Å². The quantitative estimate of drug-likeness (QED) is 0.880. The van der Waals surface area contributed by atoms with E-state index in [4.69, 9.17) is 4.74 Å². The van der Waals surface area contributed by atoms with Gasteiger partial charge in [0.05, 0.1) is 19.6 Å². The van der Waals surface area contributed by atoms with Crippen molar-refractivity contribution in [2.24, 2.45) is 0 Å². The molecule has 1 N–H and O–H groups in total. The van der Waals surface area contributed by atoms with Crippen molar-refractivity contribution in [1.29, 1.82) is 0 Å². The molecule has 22 heavy (non-hydrogen) atoms. The Labute approximate surface area is 132 Å². The molecular formula is C19H23NO2. The summed E-state index contributed by atoms with van der Waals surface area (Å²) in [5, 5.41) is 3.12. The van der Waals surface area contributed by atoms with Crippen LogP contribution in [0.1, 0.15) is 36.1 Å². The van der Waals surface area contributed by atoms with Gasteiger partial charge in [-0.3, -0.25) is 4.79 Å². The van der Waals surface area contributed by atoms with E-state index in [1.165, 1.54) is 0 Å². The predicted octanol–water partition coefficient (Wildman–Crippen LogP) is 3.81. The summed E-state index contributed by atoms with van der Waals surface area (Å²) in [6.45, 7) is 4.09. The molecule has 0 aliphatic carbocycles. The summed E-state index contributed by atoms with van der Waals surface area (Å²) in [6, 6.07) is 15.9. The second-order valence-corrected chi connectivity index (χ2v) is 5.42. The van der Waals surface area contributed by atoms with Gasteiger partial charge in [0.25, 0.3) is 0 Å². The van der Waals surface area contributed by atoms with Crippen molar-refractivity contribution in [3.63, 3.8) is 0 Å². The van der Waals surface area contributed by atoms with Gasteiger partial charge < -0.3 is 10.1 Å². The van der Waals surface area contributed by atoms with E-state index >= 15 is 0 Å². The zero-order valence-corrected chi connectivity index (χ0v) is 13.4. The fourth-order valence-corrected chi connectivity index (χ4v) is 2.57. The number of amides is 1. The SMILES string of the molecule is CC[C@H](NC(=O)Cc1ccccc1)c1ccc(OC)c(C)c1. The molecule has 0 bridgehead atoms. The monoisotopic (exact) mass is 297 g/mol. The van der Waals surface area contributed by atoms with Crippen molar-refractivity contribution in [3.8, 4) is 5.75 Å². The first-order valence-corrected chi connectivity index (χ1v) is 7.62. The predicted molar refractivity (Wildman–Crippen MR) is 89.1 cm³/mol. The summed E-state index contributed by atoms with van der Waals surface area (Å²) in [7, 11) is 1.67. The molecule has 116 valence electrons. The summed E-state index contributed by atoms with van der Waals surface area (Å²) >= 11 is 0. The lowest BCUT2D eigenvalue weighted by Crippen LogP contribution is -2.29. The van der Waals surface area contributed by atoms with Gasteiger partial charge in [0.15, 0.2) is 0 Å². The average Bonchev–Trinajstić information content (AvgIpc) is 2.53. The number of methoxy groups -OCH3 is 1. The van der Waals surface area contributed by atoms with Crippen LogP contribution in [0.4, 0.5) is 0 Å². The Bertz CT molecular complexity index is 623. The fraction of sp³-hybridized carbons (Fsp3) is 0.316. The van der Waals surface area contributed by atoms with Crippen LogP contribution < -0.4 is 10.1 Å². The first-order chi connectivity index (χ1) is 10.6. The van der Waals surface area contributed by atoms with Gasteiger partial charge in [0, 0.05) is 0 Å². The van der Waals surface area contributed by atoms with E-state index in [0.29, 0.717) is 6.42 Å². The molecule has 3 heteroatoms. The van der Waals surface area contributed by atoms with E-state index in [9.17, 15) is 4.79 Å². The third kappa shape index (κ3) is 4.10. The molecular weight excluding hydrogens is 274 g/mol. The molecule has 0 unspecified atom stereocenters. The highest BCUT2D eigenvalue weighted by molar-refractivity contribution is 5.79. The Morgan fingerprint density at radius 2 is 1.91 bits per heavy atom. The molecule has 3 nitrogen and oxygen atoms in total. The Balaban J connectivity index is 2.05. The third-order valence-corrected chi connectivity index (χ3v) is 3.77. The third-order valence-electron chi connectivity index (χ3n) is 3.77. The smallest absolute Gasteiger partial charge is 0.224 e. The molecule has 0 radical (unpaired) electrons. The molecule has 1 atom stereocenters. The highest BCUT2D eigenvalue weighted by Gasteiger charge is 2.14. The summed E-state index contributed by atoms with van der Waals surface area (Å²) < 4.78 is 5.29. The molecule has 0 saturated carbocycles. The first kappa shape index (κ1) is 16.1. The summed E-state index contributed by atoms with van der Waals surface area (Å²) in [6.07, 6.45) is 1.26. The minimum Gasteiger partial charge on any atom is -0.496 e. The maximum absolute atomic E-state index is 12.2. The van der Waals surface area contributed by atoms with E-state index in [1.807, 2.05) is 49.4 Å². The number of carbonyl (C=O) groups excluding carboxylic acids is 1. The Kier molecular flexibility index (Phi) is 5.59. The second kappa shape index (κ2) is 7.64. The zero-order valence-electron chi connectivity index (χ0n) is 13.4. The lowest BCUT2D eigenvalue weighted by atomic mass is 10.0. The number of ether oxygens (including phenoxy) is 1. The van der Waals surface area contributed by atoms with Gasteiger partial charge in [0.2, 0.25) is 5.91 Å². The second-order valence-electron chi connectivity index (χ2n) is 5.42. The van der Waals surface area contributed by atoms with Crippen LogP contribution in [0.2, 0.25) is 0 Å². The standard InChI is InChI=1S/C19H23NO2/c1-4-17(16-10-11-18(22-3)14(2)12-16)20-19(21)13-15-8-6-5-7-9-15/h5-12,17H,4,13H2,1-3H3,(H,20,21)/t17-/m0/s1. The van der Waals surface area contributed by atoms with Gasteiger partial charge in [-0.25, -0.2) is 0 Å².